The highest BCUT2D eigenvalue weighted by Gasteiger charge is 2.50. The molecule has 0 N–H and O–H groups in total. The molecule has 12 heteroatoms. The van der Waals surface area contributed by atoms with E-state index in [2.05, 4.69) is 21.5 Å². The number of esters is 2. The van der Waals surface area contributed by atoms with Crippen molar-refractivity contribution in [3.8, 4) is 0 Å². The smallest absolute Gasteiger partial charge is 0.303 e. The van der Waals surface area contributed by atoms with Crippen molar-refractivity contribution < 1.29 is 28.5 Å². The number of fused-ring (bicyclic) bond motifs is 1. The number of imidazole rings is 1. The highest BCUT2D eigenvalue weighted by Crippen LogP contribution is 2.36. The zero-order valence-electron chi connectivity index (χ0n) is 15.6. The van der Waals surface area contributed by atoms with Gasteiger partial charge in [0.1, 0.15) is 11.6 Å². The van der Waals surface area contributed by atoms with Crippen molar-refractivity contribution in [2.45, 2.75) is 38.4 Å². The predicted molar refractivity (Wildman–Crippen MR) is 101 cm³/mol. The van der Waals surface area contributed by atoms with Crippen molar-refractivity contribution in [3.05, 3.63) is 29.4 Å². The molecule has 0 amide bonds. The first kappa shape index (κ1) is 21.4. The molecule has 10 nitrogen and oxygen atoms in total. The topological polar surface area (TPSA) is 115 Å². The predicted octanol–water partition coefficient (Wildman–Crippen LogP) is 2.10. The zero-order valence-corrected chi connectivity index (χ0v) is 17.1. The van der Waals surface area contributed by atoms with E-state index in [1.54, 1.807) is 6.08 Å². The summed E-state index contributed by atoms with van der Waals surface area (Å²) in [5.74, 6) is -1.14. The average molecular weight is 445 g/mol. The standard InChI is InChI=1S/C17H18Cl2N4O6/c1-4-5-26-6-10-12(27-8(2)24)13(28-9(3)25)16(29-10)23-7-20-11-14(18)21-17(19)22-15(11)23/h4,7,10,12-13,16H,1,5-6H2,2-3H3/t10-,12-,13-,16?/m1/s1. The van der Waals surface area contributed by atoms with Gasteiger partial charge in [0.2, 0.25) is 5.28 Å². The summed E-state index contributed by atoms with van der Waals surface area (Å²) in [4.78, 5) is 35.5. The molecule has 156 valence electrons. The van der Waals surface area contributed by atoms with E-state index < -0.39 is 36.5 Å². The van der Waals surface area contributed by atoms with E-state index in [4.69, 9.17) is 42.1 Å². The maximum absolute atomic E-state index is 11.7. The first-order valence-electron chi connectivity index (χ1n) is 8.56. The van der Waals surface area contributed by atoms with Crippen molar-refractivity contribution in [1.82, 2.24) is 19.5 Å². The highest BCUT2D eigenvalue weighted by molar-refractivity contribution is 6.35. The molecule has 1 aliphatic rings. The fourth-order valence-electron chi connectivity index (χ4n) is 3.03. The first-order chi connectivity index (χ1) is 13.8. The molecule has 0 aliphatic carbocycles. The number of halogens is 2. The van der Waals surface area contributed by atoms with Gasteiger partial charge in [-0.3, -0.25) is 14.2 Å². The quantitative estimate of drug-likeness (QED) is 0.208. The SMILES string of the molecule is C=CCOC[C@H]1OC(n2cnc3c(Cl)nc(Cl)nc32)[C@H](OC(C)=O)[C@@H]1OC(C)=O. The van der Waals surface area contributed by atoms with Crippen LogP contribution >= 0.6 is 23.2 Å². The summed E-state index contributed by atoms with van der Waals surface area (Å²) in [6, 6.07) is 0. The van der Waals surface area contributed by atoms with Gasteiger partial charge in [0.05, 0.1) is 19.5 Å². The Morgan fingerprint density at radius 3 is 2.59 bits per heavy atom. The molecule has 0 saturated carbocycles. The van der Waals surface area contributed by atoms with Crippen LogP contribution in [0.4, 0.5) is 0 Å². The minimum atomic E-state index is -0.987. The lowest BCUT2D eigenvalue weighted by Gasteiger charge is -2.23. The van der Waals surface area contributed by atoms with Crippen molar-refractivity contribution >= 4 is 46.3 Å². The van der Waals surface area contributed by atoms with Crippen LogP contribution in [-0.2, 0) is 28.5 Å². The van der Waals surface area contributed by atoms with Crippen LogP contribution in [0, 0.1) is 0 Å². The number of rotatable bonds is 7. The largest absolute Gasteiger partial charge is 0.456 e. The van der Waals surface area contributed by atoms with E-state index >= 15 is 0 Å². The van der Waals surface area contributed by atoms with Crippen molar-refractivity contribution in [2.24, 2.45) is 0 Å². The van der Waals surface area contributed by atoms with Crippen LogP contribution in [0.5, 0.6) is 0 Å². The number of aromatic nitrogens is 4. The van der Waals surface area contributed by atoms with Crippen LogP contribution in [0.2, 0.25) is 10.4 Å². The van der Waals surface area contributed by atoms with E-state index in [0.29, 0.717) is 0 Å². The number of hydrogen-bond acceptors (Lipinski definition) is 9. The molecular formula is C17H18Cl2N4O6. The van der Waals surface area contributed by atoms with E-state index in [1.165, 1.54) is 24.7 Å². The fourth-order valence-corrected chi connectivity index (χ4v) is 3.45. The molecule has 29 heavy (non-hydrogen) atoms. The molecule has 0 aromatic carbocycles. The van der Waals surface area contributed by atoms with Gasteiger partial charge in [-0.15, -0.1) is 6.58 Å². The fraction of sp³-hybridized carbons (Fsp3) is 0.471. The van der Waals surface area contributed by atoms with Gasteiger partial charge in [-0.2, -0.15) is 4.98 Å². The highest BCUT2D eigenvalue weighted by atomic mass is 35.5. The second-order valence-electron chi connectivity index (χ2n) is 6.15. The first-order valence-corrected chi connectivity index (χ1v) is 9.31. The number of carbonyl (C=O) groups is 2. The van der Waals surface area contributed by atoms with Gasteiger partial charge >= 0.3 is 11.9 Å². The van der Waals surface area contributed by atoms with Gasteiger partial charge in [0, 0.05) is 13.8 Å². The summed E-state index contributed by atoms with van der Waals surface area (Å²) in [6.45, 7) is 6.41. The van der Waals surface area contributed by atoms with Crippen molar-refractivity contribution in [1.29, 1.82) is 0 Å². The lowest BCUT2D eigenvalue weighted by molar-refractivity contribution is -0.165. The molecule has 4 atom stereocenters. The second-order valence-corrected chi connectivity index (χ2v) is 6.84. The van der Waals surface area contributed by atoms with Crippen LogP contribution in [0.25, 0.3) is 11.2 Å². The average Bonchev–Trinajstić information content (AvgIpc) is 3.17. The molecule has 2 aromatic rings. The molecule has 0 spiro atoms. The van der Waals surface area contributed by atoms with Gasteiger partial charge in [0.15, 0.2) is 29.2 Å². The molecule has 0 bridgehead atoms. The normalized spacial score (nSPS) is 23.9. The molecule has 0 radical (unpaired) electrons. The van der Waals surface area contributed by atoms with Gasteiger partial charge < -0.3 is 18.9 Å². The Balaban J connectivity index is 2.02. The third kappa shape index (κ3) is 4.67. The Morgan fingerprint density at radius 2 is 1.93 bits per heavy atom. The Kier molecular flexibility index (Phi) is 6.68. The molecule has 3 heterocycles. The van der Waals surface area contributed by atoms with E-state index in [9.17, 15) is 9.59 Å². The minimum absolute atomic E-state index is 0.0585. The monoisotopic (exact) mass is 444 g/mol. The third-order valence-corrected chi connectivity index (χ3v) is 4.47. The lowest BCUT2D eigenvalue weighted by atomic mass is 10.1. The lowest BCUT2D eigenvalue weighted by Crippen LogP contribution is -2.40. The van der Waals surface area contributed by atoms with E-state index in [-0.39, 0.29) is 34.8 Å². The summed E-state index contributed by atoms with van der Waals surface area (Å²) in [6.07, 6.45) is -0.581. The van der Waals surface area contributed by atoms with Gasteiger partial charge in [-0.1, -0.05) is 17.7 Å². The molecule has 1 fully saturated rings. The van der Waals surface area contributed by atoms with Crippen molar-refractivity contribution in [2.75, 3.05) is 13.2 Å². The maximum Gasteiger partial charge on any atom is 0.303 e. The number of carbonyl (C=O) groups excluding carboxylic acids is 2. The molecule has 1 unspecified atom stereocenters. The zero-order chi connectivity index (χ0) is 21.1. The number of ether oxygens (including phenoxy) is 4. The number of hydrogen-bond donors (Lipinski definition) is 0. The van der Waals surface area contributed by atoms with Crippen LogP contribution in [0.3, 0.4) is 0 Å². The van der Waals surface area contributed by atoms with Crippen LogP contribution < -0.4 is 0 Å². The Hall–Kier alpha value is -2.27. The van der Waals surface area contributed by atoms with Crippen LogP contribution in [0.1, 0.15) is 20.1 Å². The Morgan fingerprint density at radius 1 is 1.24 bits per heavy atom. The van der Waals surface area contributed by atoms with Crippen LogP contribution in [-0.4, -0.2) is 63.0 Å². The summed E-state index contributed by atoms with van der Waals surface area (Å²) in [5, 5.41) is -0.0307. The molecule has 3 rings (SSSR count). The van der Waals surface area contributed by atoms with Crippen molar-refractivity contribution in [3.63, 3.8) is 0 Å². The summed E-state index contributed by atoms with van der Waals surface area (Å²) in [7, 11) is 0. The van der Waals surface area contributed by atoms with Gasteiger partial charge in [0.25, 0.3) is 0 Å². The van der Waals surface area contributed by atoms with Gasteiger partial charge in [-0.05, 0) is 11.6 Å². The maximum atomic E-state index is 11.7. The molecule has 1 saturated heterocycles. The van der Waals surface area contributed by atoms with Gasteiger partial charge in [-0.25, -0.2) is 9.97 Å². The Bertz CT molecular complexity index is 936. The second kappa shape index (κ2) is 9.04. The molecule has 1 aliphatic heterocycles. The minimum Gasteiger partial charge on any atom is -0.456 e. The van der Waals surface area contributed by atoms with E-state index in [0.717, 1.165) is 0 Å². The molecular weight excluding hydrogens is 427 g/mol. The summed E-state index contributed by atoms with van der Waals surface area (Å²) >= 11 is 12.0. The Labute approximate surface area is 175 Å². The third-order valence-electron chi connectivity index (χ3n) is 4.03. The summed E-state index contributed by atoms with van der Waals surface area (Å²) < 4.78 is 23.8. The molecule has 2 aromatic heterocycles. The van der Waals surface area contributed by atoms with E-state index in [1.807, 2.05) is 0 Å². The summed E-state index contributed by atoms with van der Waals surface area (Å²) in [5.41, 5.74) is 0.558. The van der Waals surface area contributed by atoms with Crippen LogP contribution in [0.15, 0.2) is 19.0 Å². The number of nitrogens with zero attached hydrogens (tertiary/aromatic N) is 4.